The maximum Gasteiger partial charge on any atom is 0.416 e. The summed E-state index contributed by atoms with van der Waals surface area (Å²) in [5, 5.41) is 11.6. The van der Waals surface area contributed by atoms with Crippen molar-refractivity contribution in [3.8, 4) is 5.75 Å². The molecule has 1 aromatic heterocycles. The molecule has 6 nitrogen and oxygen atoms in total. The van der Waals surface area contributed by atoms with Crippen molar-refractivity contribution in [3.63, 3.8) is 0 Å². The van der Waals surface area contributed by atoms with E-state index in [0.717, 1.165) is 29.5 Å². The Morgan fingerprint density at radius 3 is 2.72 bits per heavy atom. The molecular weight excluding hydrogens is 465 g/mol. The van der Waals surface area contributed by atoms with Crippen molar-refractivity contribution in [1.82, 2.24) is 14.8 Å². The number of thioether (sulfide) groups is 1. The van der Waals surface area contributed by atoms with Crippen molar-refractivity contribution in [1.29, 1.82) is 0 Å². The quantitative estimate of drug-likeness (QED) is 0.438. The van der Waals surface area contributed by atoms with Crippen LogP contribution in [0.15, 0.2) is 47.6 Å². The van der Waals surface area contributed by atoms with Crippen LogP contribution >= 0.6 is 23.4 Å². The standard InChI is InChI=1S/C21H20ClF3N4O2S/c1-12-7-8-16(22)17(9-12)31-13(2)19-27-28-20(29(19)3)32-11-18(30)26-15-6-4-5-14(10-15)21(23,24)25/h4-10,13H,11H2,1-3H3,(H,26,30). The Morgan fingerprint density at radius 1 is 1.25 bits per heavy atom. The second kappa shape index (κ2) is 9.83. The number of ether oxygens (including phenoxy) is 1. The number of alkyl halides is 3. The first-order valence-corrected chi connectivity index (χ1v) is 10.8. The summed E-state index contributed by atoms with van der Waals surface area (Å²) in [5.74, 6) is 0.538. The van der Waals surface area contributed by atoms with E-state index >= 15 is 0 Å². The highest BCUT2D eigenvalue weighted by Crippen LogP contribution is 2.31. The van der Waals surface area contributed by atoms with E-state index in [-0.39, 0.29) is 11.4 Å². The van der Waals surface area contributed by atoms with Gasteiger partial charge in [0.25, 0.3) is 0 Å². The fraction of sp³-hybridized carbons (Fsp3) is 0.286. The molecule has 0 bridgehead atoms. The van der Waals surface area contributed by atoms with Gasteiger partial charge in [0, 0.05) is 12.7 Å². The van der Waals surface area contributed by atoms with E-state index < -0.39 is 23.8 Å². The van der Waals surface area contributed by atoms with E-state index in [1.165, 1.54) is 12.1 Å². The molecule has 3 rings (SSSR count). The summed E-state index contributed by atoms with van der Waals surface area (Å²) < 4.78 is 46.0. The smallest absolute Gasteiger partial charge is 0.416 e. The number of nitrogens with zero attached hydrogens (tertiary/aromatic N) is 3. The predicted octanol–water partition coefficient (Wildman–Crippen LogP) is 5.67. The molecule has 1 N–H and O–H groups in total. The number of aryl methyl sites for hydroxylation is 1. The van der Waals surface area contributed by atoms with Crippen LogP contribution in [0, 0.1) is 6.92 Å². The summed E-state index contributed by atoms with van der Waals surface area (Å²) in [7, 11) is 1.74. The molecule has 0 fully saturated rings. The molecule has 11 heteroatoms. The highest BCUT2D eigenvalue weighted by atomic mass is 35.5. The van der Waals surface area contributed by atoms with Gasteiger partial charge in [0.2, 0.25) is 5.91 Å². The summed E-state index contributed by atoms with van der Waals surface area (Å²) in [4.78, 5) is 12.2. The minimum absolute atomic E-state index is 0.0544. The van der Waals surface area contributed by atoms with Crippen LogP contribution < -0.4 is 10.1 Å². The molecule has 3 aromatic rings. The third-order valence-electron chi connectivity index (χ3n) is 4.43. The Balaban J connectivity index is 1.61. The summed E-state index contributed by atoms with van der Waals surface area (Å²) in [6.45, 7) is 3.73. The molecule has 1 amide bonds. The van der Waals surface area contributed by atoms with Gasteiger partial charge in [-0.3, -0.25) is 4.79 Å². The molecule has 0 aliphatic heterocycles. The van der Waals surface area contributed by atoms with Crippen LogP contribution in [0.25, 0.3) is 0 Å². The van der Waals surface area contributed by atoms with Crippen molar-refractivity contribution in [2.24, 2.45) is 7.05 Å². The fourth-order valence-electron chi connectivity index (χ4n) is 2.85. The van der Waals surface area contributed by atoms with Crippen LogP contribution in [0.1, 0.15) is 30.0 Å². The van der Waals surface area contributed by atoms with Gasteiger partial charge in [0.15, 0.2) is 17.1 Å². The number of anilines is 1. The summed E-state index contributed by atoms with van der Waals surface area (Å²) >= 11 is 7.29. The van der Waals surface area contributed by atoms with E-state index in [4.69, 9.17) is 16.3 Å². The fourth-order valence-corrected chi connectivity index (χ4v) is 3.73. The van der Waals surface area contributed by atoms with Gasteiger partial charge in [0.05, 0.1) is 16.3 Å². The molecule has 0 radical (unpaired) electrons. The molecule has 32 heavy (non-hydrogen) atoms. The van der Waals surface area contributed by atoms with Crippen LogP contribution in [-0.2, 0) is 18.0 Å². The Labute approximate surface area is 192 Å². The van der Waals surface area contributed by atoms with Gasteiger partial charge in [0.1, 0.15) is 5.75 Å². The summed E-state index contributed by atoms with van der Waals surface area (Å²) in [6.07, 6.45) is -4.94. The van der Waals surface area contributed by atoms with Crippen LogP contribution in [0.3, 0.4) is 0 Å². The maximum atomic E-state index is 12.8. The predicted molar refractivity (Wildman–Crippen MR) is 117 cm³/mol. The third-order valence-corrected chi connectivity index (χ3v) is 5.76. The molecule has 170 valence electrons. The third kappa shape index (κ3) is 5.95. The van der Waals surface area contributed by atoms with Gasteiger partial charge in [-0.25, -0.2) is 0 Å². The number of aromatic nitrogens is 3. The highest BCUT2D eigenvalue weighted by molar-refractivity contribution is 7.99. The minimum Gasteiger partial charge on any atom is -0.481 e. The SMILES string of the molecule is Cc1ccc(Cl)c(OC(C)c2nnc(SCC(=O)Nc3cccc(C(F)(F)F)c3)n2C)c1. The lowest BCUT2D eigenvalue weighted by Crippen LogP contribution is -2.15. The second-order valence-electron chi connectivity index (χ2n) is 7.01. The molecular formula is C21H20ClF3N4O2S. The monoisotopic (exact) mass is 484 g/mol. The molecule has 1 atom stereocenters. The van der Waals surface area contributed by atoms with Gasteiger partial charge in [-0.15, -0.1) is 10.2 Å². The molecule has 1 unspecified atom stereocenters. The van der Waals surface area contributed by atoms with Crippen molar-refractivity contribution in [3.05, 3.63) is 64.4 Å². The number of benzene rings is 2. The van der Waals surface area contributed by atoms with Crippen molar-refractivity contribution >= 4 is 35.0 Å². The maximum absolute atomic E-state index is 12.8. The van der Waals surface area contributed by atoms with Gasteiger partial charge in [-0.1, -0.05) is 35.5 Å². The average Bonchev–Trinajstić information content (AvgIpc) is 3.09. The lowest BCUT2D eigenvalue weighted by atomic mass is 10.2. The molecule has 0 aliphatic rings. The number of hydrogen-bond donors (Lipinski definition) is 1. The number of carbonyl (C=O) groups is 1. The number of amides is 1. The van der Waals surface area contributed by atoms with Gasteiger partial charge < -0.3 is 14.6 Å². The van der Waals surface area contributed by atoms with E-state index in [1.807, 2.05) is 19.1 Å². The van der Waals surface area contributed by atoms with Crippen LogP contribution in [0.5, 0.6) is 5.75 Å². The molecule has 0 saturated heterocycles. The lowest BCUT2D eigenvalue weighted by Gasteiger charge is -2.15. The molecule has 1 heterocycles. The van der Waals surface area contributed by atoms with E-state index in [2.05, 4.69) is 15.5 Å². The highest BCUT2D eigenvalue weighted by Gasteiger charge is 2.30. The second-order valence-corrected chi connectivity index (χ2v) is 8.36. The number of rotatable bonds is 7. The zero-order valence-electron chi connectivity index (χ0n) is 17.4. The van der Waals surface area contributed by atoms with Gasteiger partial charge in [-0.2, -0.15) is 13.2 Å². The first-order chi connectivity index (χ1) is 15.0. The summed E-state index contributed by atoms with van der Waals surface area (Å²) in [5.41, 5.74) is 0.238. The van der Waals surface area contributed by atoms with Crippen molar-refractivity contribution in [2.75, 3.05) is 11.1 Å². The number of hydrogen-bond acceptors (Lipinski definition) is 5. The van der Waals surface area contributed by atoms with Crippen LogP contribution in [0.4, 0.5) is 18.9 Å². The van der Waals surface area contributed by atoms with Crippen molar-refractivity contribution in [2.45, 2.75) is 31.3 Å². The zero-order chi connectivity index (χ0) is 23.5. The topological polar surface area (TPSA) is 69.0 Å². The van der Waals surface area contributed by atoms with E-state index in [9.17, 15) is 18.0 Å². The Morgan fingerprint density at radius 2 is 2.00 bits per heavy atom. The zero-order valence-corrected chi connectivity index (χ0v) is 19.0. The Kier molecular flexibility index (Phi) is 7.35. The van der Waals surface area contributed by atoms with E-state index in [1.54, 1.807) is 24.6 Å². The first kappa shape index (κ1) is 23.9. The summed E-state index contributed by atoms with van der Waals surface area (Å²) in [6, 6.07) is 9.91. The number of halogens is 4. The van der Waals surface area contributed by atoms with Gasteiger partial charge in [-0.05, 0) is 49.7 Å². The normalized spacial score (nSPS) is 12.5. The number of carbonyl (C=O) groups excluding carboxylic acids is 1. The molecule has 0 spiro atoms. The largest absolute Gasteiger partial charge is 0.481 e. The van der Waals surface area contributed by atoms with Gasteiger partial charge >= 0.3 is 6.18 Å². The van der Waals surface area contributed by atoms with Crippen LogP contribution in [0.2, 0.25) is 5.02 Å². The lowest BCUT2D eigenvalue weighted by molar-refractivity contribution is -0.137. The Bertz CT molecular complexity index is 1120. The molecule has 2 aromatic carbocycles. The first-order valence-electron chi connectivity index (χ1n) is 9.46. The van der Waals surface area contributed by atoms with Crippen LogP contribution in [-0.4, -0.2) is 26.4 Å². The minimum atomic E-state index is -4.48. The molecule has 0 aliphatic carbocycles. The molecule has 0 saturated carbocycles. The Hall–Kier alpha value is -2.72. The van der Waals surface area contributed by atoms with E-state index in [0.29, 0.717) is 21.8 Å². The average molecular weight is 485 g/mol. The van der Waals surface area contributed by atoms with Crippen molar-refractivity contribution < 1.29 is 22.7 Å². The number of nitrogens with one attached hydrogen (secondary N) is 1.